The number of aryl methyl sites for hydroxylation is 1. The highest BCUT2D eigenvalue weighted by atomic mass is 19.2. The molecule has 5 heteroatoms. The summed E-state index contributed by atoms with van der Waals surface area (Å²) in [6.07, 6.45) is 7.32. The highest BCUT2D eigenvalue weighted by Crippen LogP contribution is 2.39. The summed E-state index contributed by atoms with van der Waals surface area (Å²) in [5.74, 6) is -3.34. The normalized spacial score (nSPS) is 22.3. The van der Waals surface area contributed by atoms with Crippen LogP contribution in [-0.4, -0.2) is 5.97 Å². The van der Waals surface area contributed by atoms with Gasteiger partial charge in [-0.25, -0.2) is 8.78 Å². The molecule has 0 amide bonds. The lowest BCUT2D eigenvalue weighted by Gasteiger charge is -2.28. The lowest BCUT2D eigenvalue weighted by atomic mass is 9.78. The Morgan fingerprint density at radius 1 is 0.806 bits per heavy atom. The molecular formula is C26H29F3O2. The number of carbonyl (C=O) groups is 1. The van der Waals surface area contributed by atoms with E-state index < -0.39 is 17.6 Å². The van der Waals surface area contributed by atoms with Crippen LogP contribution >= 0.6 is 0 Å². The molecule has 0 aromatic heterocycles. The van der Waals surface area contributed by atoms with Crippen molar-refractivity contribution in [3.63, 3.8) is 0 Å². The second-order valence-electron chi connectivity index (χ2n) is 9.11. The van der Waals surface area contributed by atoms with E-state index in [0.717, 1.165) is 37.7 Å². The van der Waals surface area contributed by atoms with Crippen LogP contribution < -0.4 is 4.74 Å². The molecule has 0 atom stereocenters. The lowest BCUT2D eigenvalue weighted by molar-refractivity contribution is -0.140. The first-order chi connectivity index (χ1) is 14.9. The van der Waals surface area contributed by atoms with E-state index in [1.54, 1.807) is 6.07 Å². The molecule has 0 N–H and O–H groups in total. The molecule has 2 aromatic rings. The van der Waals surface area contributed by atoms with Crippen LogP contribution in [0.4, 0.5) is 13.2 Å². The Morgan fingerprint density at radius 3 is 2.13 bits per heavy atom. The fraction of sp³-hybridized carbons (Fsp3) is 0.500. The lowest BCUT2D eigenvalue weighted by Crippen LogP contribution is -2.26. The molecule has 2 fully saturated rings. The van der Waals surface area contributed by atoms with Crippen LogP contribution in [0.1, 0.15) is 86.3 Å². The molecule has 2 aliphatic rings. The summed E-state index contributed by atoms with van der Waals surface area (Å²) in [5.41, 5.74) is 1.95. The van der Waals surface area contributed by atoms with Crippen LogP contribution in [0.25, 0.3) is 0 Å². The maximum Gasteiger partial charge on any atom is 0.314 e. The highest BCUT2D eigenvalue weighted by molar-refractivity contribution is 5.75. The number of ether oxygens (including phenoxy) is 1. The van der Waals surface area contributed by atoms with E-state index in [1.807, 2.05) is 19.1 Å². The van der Waals surface area contributed by atoms with Gasteiger partial charge in [-0.15, -0.1) is 0 Å². The third kappa shape index (κ3) is 4.81. The number of halogens is 3. The van der Waals surface area contributed by atoms with Crippen molar-refractivity contribution < 1.29 is 22.7 Å². The molecular weight excluding hydrogens is 401 g/mol. The Bertz CT molecular complexity index is 942. The van der Waals surface area contributed by atoms with E-state index in [9.17, 15) is 18.0 Å². The second kappa shape index (κ2) is 9.46. The van der Waals surface area contributed by atoms with Crippen molar-refractivity contribution in [3.05, 3.63) is 64.5 Å². The molecule has 4 rings (SSSR count). The summed E-state index contributed by atoms with van der Waals surface area (Å²) in [6.45, 7) is 1.85. The first-order valence-electron chi connectivity index (χ1n) is 11.4. The van der Waals surface area contributed by atoms with E-state index in [-0.39, 0.29) is 29.3 Å². The Morgan fingerprint density at radius 2 is 1.45 bits per heavy atom. The van der Waals surface area contributed by atoms with Crippen LogP contribution in [0.15, 0.2) is 30.3 Å². The number of esters is 1. The maximum atomic E-state index is 14.6. The van der Waals surface area contributed by atoms with E-state index in [2.05, 4.69) is 0 Å². The van der Waals surface area contributed by atoms with Gasteiger partial charge in [0, 0.05) is 0 Å². The zero-order valence-electron chi connectivity index (χ0n) is 17.9. The molecule has 31 heavy (non-hydrogen) atoms. The molecule has 2 saturated carbocycles. The van der Waals surface area contributed by atoms with Crippen molar-refractivity contribution in [1.82, 2.24) is 0 Å². The van der Waals surface area contributed by atoms with E-state index in [1.165, 1.54) is 12.1 Å². The van der Waals surface area contributed by atoms with Gasteiger partial charge in [0.25, 0.3) is 0 Å². The third-order valence-corrected chi connectivity index (χ3v) is 6.99. The SMILES string of the molecule is Cc1ccc(C2CCC(C(=O)Oc3ccc(C4CCCCC4)c(F)c3F)CC2)c(F)c1. The van der Waals surface area contributed by atoms with Gasteiger partial charge in [-0.2, -0.15) is 4.39 Å². The minimum Gasteiger partial charge on any atom is -0.423 e. The largest absolute Gasteiger partial charge is 0.423 e. The summed E-state index contributed by atoms with van der Waals surface area (Å²) in [5, 5.41) is 0. The highest BCUT2D eigenvalue weighted by Gasteiger charge is 2.31. The molecule has 2 aliphatic carbocycles. The van der Waals surface area contributed by atoms with Crippen LogP contribution in [-0.2, 0) is 4.79 Å². The first-order valence-corrected chi connectivity index (χ1v) is 11.4. The second-order valence-corrected chi connectivity index (χ2v) is 9.11. The van der Waals surface area contributed by atoms with Gasteiger partial charge in [-0.3, -0.25) is 4.79 Å². The summed E-state index contributed by atoms with van der Waals surface area (Å²) < 4.78 is 48.8. The van der Waals surface area contributed by atoms with Crippen molar-refractivity contribution in [2.45, 2.75) is 76.5 Å². The number of hydrogen-bond donors (Lipinski definition) is 0. The molecule has 0 heterocycles. The molecule has 2 nitrogen and oxygen atoms in total. The van der Waals surface area contributed by atoms with Gasteiger partial charge in [0.2, 0.25) is 5.82 Å². The summed E-state index contributed by atoms with van der Waals surface area (Å²) in [6, 6.07) is 8.19. The predicted molar refractivity (Wildman–Crippen MR) is 114 cm³/mol. The summed E-state index contributed by atoms with van der Waals surface area (Å²) in [7, 11) is 0. The van der Waals surface area contributed by atoms with Gasteiger partial charge in [0.15, 0.2) is 11.6 Å². The maximum absolute atomic E-state index is 14.6. The Hall–Kier alpha value is -2.30. The fourth-order valence-corrected chi connectivity index (χ4v) is 5.15. The van der Waals surface area contributed by atoms with Gasteiger partial charge >= 0.3 is 5.97 Å². The van der Waals surface area contributed by atoms with Gasteiger partial charge < -0.3 is 4.74 Å². The van der Waals surface area contributed by atoms with Crippen molar-refractivity contribution in [3.8, 4) is 5.75 Å². The molecule has 0 spiro atoms. The van der Waals surface area contributed by atoms with Gasteiger partial charge in [0.1, 0.15) is 5.82 Å². The van der Waals surface area contributed by atoms with Crippen LogP contribution in [0, 0.1) is 30.3 Å². The molecule has 2 aromatic carbocycles. The molecule has 0 saturated heterocycles. The van der Waals surface area contributed by atoms with Crippen LogP contribution in [0.5, 0.6) is 5.75 Å². The van der Waals surface area contributed by atoms with Crippen LogP contribution in [0.3, 0.4) is 0 Å². The Labute approximate surface area is 181 Å². The van der Waals surface area contributed by atoms with Gasteiger partial charge in [-0.05, 0) is 86.1 Å². The van der Waals surface area contributed by atoms with E-state index in [4.69, 9.17) is 4.74 Å². The Kier molecular flexibility index (Phi) is 6.68. The molecule has 0 bridgehead atoms. The fourth-order valence-electron chi connectivity index (χ4n) is 5.15. The molecule has 0 unspecified atom stereocenters. The third-order valence-electron chi connectivity index (χ3n) is 6.99. The molecule has 0 aliphatic heterocycles. The van der Waals surface area contributed by atoms with Crippen molar-refractivity contribution in [2.24, 2.45) is 5.92 Å². The standard InChI is InChI=1S/C26H29F3O2/c1-16-7-12-20(22(27)15-16)18-8-10-19(11-9-18)26(30)31-23-14-13-21(24(28)25(23)29)17-5-3-2-4-6-17/h7,12-15,17-19H,2-6,8-11H2,1H3. The summed E-state index contributed by atoms with van der Waals surface area (Å²) >= 11 is 0. The smallest absolute Gasteiger partial charge is 0.314 e. The van der Waals surface area contributed by atoms with E-state index >= 15 is 0 Å². The molecule has 0 radical (unpaired) electrons. The van der Waals surface area contributed by atoms with Crippen molar-refractivity contribution >= 4 is 5.97 Å². The van der Waals surface area contributed by atoms with E-state index in [0.29, 0.717) is 36.8 Å². The van der Waals surface area contributed by atoms with Gasteiger partial charge in [-0.1, -0.05) is 37.5 Å². The monoisotopic (exact) mass is 430 g/mol. The Balaban J connectivity index is 1.38. The average molecular weight is 431 g/mol. The number of benzene rings is 2. The topological polar surface area (TPSA) is 26.3 Å². The zero-order chi connectivity index (χ0) is 22.0. The minimum atomic E-state index is -1.08. The predicted octanol–water partition coefficient (Wildman–Crippen LogP) is 7.34. The first kappa shape index (κ1) is 21.9. The van der Waals surface area contributed by atoms with Crippen molar-refractivity contribution in [1.29, 1.82) is 0 Å². The quantitative estimate of drug-likeness (QED) is 0.375. The van der Waals surface area contributed by atoms with Crippen LogP contribution in [0.2, 0.25) is 0 Å². The summed E-state index contributed by atoms with van der Waals surface area (Å²) in [4.78, 5) is 12.6. The number of carbonyl (C=O) groups excluding carboxylic acids is 1. The average Bonchev–Trinajstić information content (AvgIpc) is 2.78. The molecule has 166 valence electrons. The minimum absolute atomic E-state index is 0.0328. The number of rotatable bonds is 4. The zero-order valence-corrected chi connectivity index (χ0v) is 17.9. The van der Waals surface area contributed by atoms with Gasteiger partial charge in [0.05, 0.1) is 5.92 Å². The number of hydrogen-bond acceptors (Lipinski definition) is 2. The van der Waals surface area contributed by atoms with Crippen molar-refractivity contribution in [2.75, 3.05) is 0 Å².